The first-order valence-corrected chi connectivity index (χ1v) is 3.55. The molecule has 0 radical (unpaired) electrons. The Balaban J connectivity index is 2.98. The van der Waals surface area contributed by atoms with Gasteiger partial charge in [-0.1, -0.05) is 5.87 Å². The fourth-order valence-electron chi connectivity index (χ4n) is 0.442. The van der Waals surface area contributed by atoms with Crippen LogP contribution in [0.5, 0.6) is 0 Å². The topological polar surface area (TPSA) is 40.5 Å². The van der Waals surface area contributed by atoms with Gasteiger partial charge in [-0.05, 0) is 0 Å². The van der Waals surface area contributed by atoms with Gasteiger partial charge in [0.1, 0.15) is 0 Å². The van der Waals surface area contributed by atoms with Gasteiger partial charge in [0.15, 0.2) is 11.5 Å². The zero-order chi connectivity index (χ0) is 6.15. The van der Waals surface area contributed by atoms with Crippen LogP contribution in [0.2, 0.25) is 0 Å². The first kappa shape index (κ1) is 5.44. The quantitative estimate of drug-likeness (QED) is 0.488. The minimum atomic E-state index is -0.307. The summed E-state index contributed by atoms with van der Waals surface area (Å²) in [5.74, 6) is 3.49. The molecule has 0 aliphatic carbocycles. The first-order chi connectivity index (χ1) is 3.70. The van der Waals surface area contributed by atoms with Crippen molar-refractivity contribution < 1.29 is 10.2 Å². The van der Waals surface area contributed by atoms with Crippen molar-refractivity contribution >= 4 is 16.4 Å². The molecule has 0 bridgehead atoms. The van der Waals surface area contributed by atoms with Gasteiger partial charge in [-0.15, -0.1) is 10.5 Å². The van der Waals surface area contributed by atoms with E-state index in [1.54, 1.807) is 0 Å². The number of rotatable bonds is 0. The standard InChI is InChI=1S/C5H6O2S/c1-8-2-4(6)5(7)3-8/h2-3,6-7H,1H2. The highest BCUT2D eigenvalue weighted by Crippen LogP contribution is 2.27. The number of hydrogen-bond acceptors (Lipinski definition) is 2. The molecule has 0 spiro atoms. The Morgan fingerprint density at radius 3 is 1.75 bits per heavy atom. The lowest BCUT2D eigenvalue weighted by Crippen LogP contribution is -1.78. The van der Waals surface area contributed by atoms with Crippen molar-refractivity contribution in [3.05, 3.63) is 22.3 Å². The fourth-order valence-corrected chi connectivity index (χ4v) is 1.32. The van der Waals surface area contributed by atoms with E-state index in [-0.39, 0.29) is 22.0 Å². The Bertz CT molecular complexity index is 171. The second kappa shape index (κ2) is 1.67. The third-order valence-corrected chi connectivity index (χ3v) is 1.84. The van der Waals surface area contributed by atoms with E-state index in [0.717, 1.165) is 0 Å². The lowest BCUT2D eigenvalue weighted by Gasteiger charge is -1.85. The molecular formula is C5H6O2S. The van der Waals surface area contributed by atoms with Gasteiger partial charge in [-0.25, -0.2) is 0 Å². The van der Waals surface area contributed by atoms with Gasteiger partial charge in [0.2, 0.25) is 0 Å². The molecular weight excluding hydrogens is 124 g/mol. The number of aliphatic hydroxyl groups excluding tert-OH is 2. The molecule has 0 aromatic rings. The van der Waals surface area contributed by atoms with Crippen LogP contribution in [0.25, 0.3) is 0 Å². The van der Waals surface area contributed by atoms with Crippen molar-refractivity contribution in [1.82, 2.24) is 0 Å². The zero-order valence-electron chi connectivity index (χ0n) is 4.16. The van der Waals surface area contributed by atoms with E-state index in [4.69, 9.17) is 10.2 Å². The second-order valence-electron chi connectivity index (χ2n) is 1.48. The van der Waals surface area contributed by atoms with E-state index in [9.17, 15) is 0 Å². The molecule has 2 nitrogen and oxygen atoms in total. The second-order valence-corrected chi connectivity index (χ2v) is 2.89. The molecule has 44 valence electrons. The zero-order valence-corrected chi connectivity index (χ0v) is 4.98. The Hall–Kier alpha value is -0.700. The predicted octanol–water partition coefficient (Wildman–Crippen LogP) is 1.50. The van der Waals surface area contributed by atoms with Crippen molar-refractivity contribution in [2.24, 2.45) is 0 Å². The normalized spacial score (nSPS) is 20.5. The summed E-state index contributed by atoms with van der Waals surface area (Å²) in [7, 11) is -0.307. The summed E-state index contributed by atoms with van der Waals surface area (Å²) >= 11 is 0. The van der Waals surface area contributed by atoms with Gasteiger partial charge < -0.3 is 10.2 Å². The van der Waals surface area contributed by atoms with Gasteiger partial charge in [0.25, 0.3) is 0 Å². The van der Waals surface area contributed by atoms with Crippen LogP contribution in [0, 0.1) is 0 Å². The SMILES string of the molecule is C=S1C=C(O)C(O)=C1. The smallest absolute Gasteiger partial charge is 0.164 e. The molecule has 0 unspecified atom stereocenters. The molecule has 3 heteroatoms. The van der Waals surface area contributed by atoms with Crippen LogP contribution in [0.15, 0.2) is 22.3 Å². The molecule has 1 heterocycles. The lowest BCUT2D eigenvalue weighted by molar-refractivity contribution is 0.330. The van der Waals surface area contributed by atoms with E-state index in [1.165, 1.54) is 10.8 Å². The third-order valence-electron chi connectivity index (χ3n) is 0.788. The summed E-state index contributed by atoms with van der Waals surface area (Å²) in [6, 6.07) is 0. The molecule has 0 atom stereocenters. The monoisotopic (exact) mass is 130 g/mol. The minimum Gasteiger partial charge on any atom is -0.504 e. The van der Waals surface area contributed by atoms with E-state index >= 15 is 0 Å². The highest BCUT2D eigenvalue weighted by molar-refractivity contribution is 8.19. The van der Waals surface area contributed by atoms with E-state index < -0.39 is 0 Å². The fraction of sp³-hybridized carbons (Fsp3) is 0. The minimum absolute atomic E-state index is 0.0525. The Kier molecular flexibility index (Phi) is 1.13. The maximum absolute atomic E-state index is 8.68. The predicted molar refractivity (Wildman–Crippen MR) is 36.1 cm³/mol. The summed E-state index contributed by atoms with van der Waals surface area (Å²) in [5, 5.41) is 20.4. The Morgan fingerprint density at radius 1 is 1.25 bits per heavy atom. The van der Waals surface area contributed by atoms with Gasteiger partial charge in [-0.2, -0.15) is 0 Å². The molecule has 0 aromatic heterocycles. The molecule has 0 amide bonds. The van der Waals surface area contributed by atoms with Crippen LogP contribution < -0.4 is 0 Å². The molecule has 0 aromatic carbocycles. The third kappa shape index (κ3) is 0.767. The Labute approximate surface area is 49.7 Å². The van der Waals surface area contributed by atoms with Crippen molar-refractivity contribution in [1.29, 1.82) is 0 Å². The van der Waals surface area contributed by atoms with E-state index in [1.807, 2.05) is 0 Å². The molecule has 1 aliphatic rings. The van der Waals surface area contributed by atoms with Gasteiger partial charge >= 0.3 is 0 Å². The van der Waals surface area contributed by atoms with Crippen molar-refractivity contribution in [3.63, 3.8) is 0 Å². The maximum atomic E-state index is 8.68. The summed E-state index contributed by atoms with van der Waals surface area (Å²) in [5.41, 5.74) is 0. The summed E-state index contributed by atoms with van der Waals surface area (Å²) in [6.07, 6.45) is 0. The average molecular weight is 130 g/mol. The number of hydrogen-bond donors (Lipinski definition) is 2. The van der Waals surface area contributed by atoms with Crippen LogP contribution >= 0.6 is 10.5 Å². The van der Waals surface area contributed by atoms with Crippen LogP contribution in [0.1, 0.15) is 0 Å². The maximum Gasteiger partial charge on any atom is 0.164 e. The van der Waals surface area contributed by atoms with Gasteiger partial charge in [0, 0.05) is 10.8 Å². The first-order valence-electron chi connectivity index (χ1n) is 2.03. The molecule has 0 saturated carbocycles. The van der Waals surface area contributed by atoms with Crippen molar-refractivity contribution in [2.45, 2.75) is 0 Å². The summed E-state index contributed by atoms with van der Waals surface area (Å²) in [4.78, 5) is 0. The van der Waals surface area contributed by atoms with Crippen LogP contribution in [-0.2, 0) is 0 Å². The molecule has 2 N–H and O–H groups in total. The van der Waals surface area contributed by atoms with Gasteiger partial charge in [-0.3, -0.25) is 0 Å². The Morgan fingerprint density at radius 2 is 1.62 bits per heavy atom. The largest absolute Gasteiger partial charge is 0.504 e. The lowest BCUT2D eigenvalue weighted by atomic mass is 10.5. The van der Waals surface area contributed by atoms with Gasteiger partial charge in [0.05, 0.1) is 0 Å². The molecule has 0 saturated heterocycles. The van der Waals surface area contributed by atoms with E-state index in [0.29, 0.717) is 0 Å². The van der Waals surface area contributed by atoms with Crippen LogP contribution in [0.3, 0.4) is 0 Å². The summed E-state index contributed by atoms with van der Waals surface area (Å²) in [6.45, 7) is 0. The molecule has 1 aliphatic heterocycles. The molecule has 8 heavy (non-hydrogen) atoms. The van der Waals surface area contributed by atoms with Crippen molar-refractivity contribution in [2.75, 3.05) is 0 Å². The van der Waals surface area contributed by atoms with E-state index in [2.05, 4.69) is 5.87 Å². The highest BCUT2D eigenvalue weighted by Gasteiger charge is 2.05. The molecule has 0 fully saturated rings. The molecule has 1 rings (SSSR count). The van der Waals surface area contributed by atoms with Crippen molar-refractivity contribution in [3.8, 4) is 0 Å². The number of aliphatic hydroxyl groups is 2. The summed E-state index contributed by atoms with van der Waals surface area (Å²) < 4.78 is 0. The van der Waals surface area contributed by atoms with Crippen LogP contribution in [0.4, 0.5) is 0 Å². The van der Waals surface area contributed by atoms with Crippen LogP contribution in [-0.4, -0.2) is 16.1 Å². The highest BCUT2D eigenvalue weighted by atomic mass is 32.2. The average Bonchev–Trinajstić information content (AvgIpc) is 1.85.